The standard InChI is InChI=1S/C24H33ClN4O3/c1-2-32-23(30)21-20(26-24(31)27-22(21)17-6-8-18(25)9-7-17)16-28-14-10-19(11-15-28)29-12-4-3-5-13-29/h6-9,19,22H,2-5,10-16H2,1H3,(H2,26,27,31). The number of likely N-dealkylation sites (tertiary alicyclic amines) is 2. The summed E-state index contributed by atoms with van der Waals surface area (Å²) in [6.45, 7) is 6.93. The van der Waals surface area contributed by atoms with Crippen molar-refractivity contribution in [2.45, 2.75) is 51.1 Å². The van der Waals surface area contributed by atoms with E-state index in [9.17, 15) is 9.59 Å². The molecule has 2 fully saturated rings. The van der Waals surface area contributed by atoms with Crippen molar-refractivity contribution >= 4 is 23.6 Å². The molecular formula is C24H33ClN4O3. The molecule has 3 heterocycles. The highest BCUT2D eigenvalue weighted by Crippen LogP contribution is 2.30. The predicted molar refractivity (Wildman–Crippen MR) is 124 cm³/mol. The molecule has 174 valence electrons. The number of carbonyl (C=O) groups is 2. The SMILES string of the molecule is CCOC(=O)C1=C(CN2CCC(N3CCCCC3)CC2)NC(=O)NC1c1ccc(Cl)cc1. The number of nitrogens with zero attached hydrogens (tertiary/aromatic N) is 2. The summed E-state index contributed by atoms with van der Waals surface area (Å²) in [5.41, 5.74) is 1.89. The minimum absolute atomic E-state index is 0.276. The Morgan fingerprint density at radius 1 is 1.09 bits per heavy atom. The molecule has 3 aliphatic heterocycles. The van der Waals surface area contributed by atoms with Crippen LogP contribution in [0.2, 0.25) is 5.02 Å². The molecule has 0 radical (unpaired) electrons. The predicted octanol–water partition coefficient (Wildman–Crippen LogP) is 3.46. The molecule has 0 spiro atoms. The van der Waals surface area contributed by atoms with Gasteiger partial charge >= 0.3 is 12.0 Å². The average Bonchev–Trinajstić information content (AvgIpc) is 2.80. The number of benzene rings is 1. The van der Waals surface area contributed by atoms with E-state index in [1.807, 2.05) is 12.1 Å². The third-order valence-electron chi connectivity index (χ3n) is 6.70. The highest BCUT2D eigenvalue weighted by molar-refractivity contribution is 6.30. The number of hydrogen-bond donors (Lipinski definition) is 2. The Balaban J connectivity index is 1.52. The Morgan fingerprint density at radius 2 is 1.78 bits per heavy atom. The molecule has 1 atom stereocenters. The van der Waals surface area contributed by atoms with Gasteiger partial charge in [-0.15, -0.1) is 0 Å². The molecule has 1 unspecified atom stereocenters. The van der Waals surface area contributed by atoms with Gasteiger partial charge in [0.25, 0.3) is 0 Å². The van der Waals surface area contributed by atoms with E-state index in [0.29, 0.717) is 28.9 Å². The van der Waals surface area contributed by atoms with Gasteiger partial charge in [-0.05, 0) is 63.4 Å². The summed E-state index contributed by atoms with van der Waals surface area (Å²) >= 11 is 6.04. The Morgan fingerprint density at radius 3 is 2.44 bits per heavy atom. The molecule has 0 saturated carbocycles. The number of amides is 2. The summed E-state index contributed by atoms with van der Waals surface area (Å²) in [5, 5.41) is 6.38. The van der Waals surface area contributed by atoms with Crippen LogP contribution in [0.3, 0.4) is 0 Å². The third-order valence-corrected chi connectivity index (χ3v) is 6.95. The molecule has 1 aromatic rings. The van der Waals surface area contributed by atoms with Gasteiger partial charge in [-0.25, -0.2) is 9.59 Å². The number of nitrogens with one attached hydrogen (secondary N) is 2. The van der Waals surface area contributed by atoms with Crippen molar-refractivity contribution in [3.05, 3.63) is 46.1 Å². The van der Waals surface area contributed by atoms with E-state index in [-0.39, 0.29) is 12.6 Å². The van der Waals surface area contributed by atoms with Crippen molar-refractivity contribution in [1.82, 2.24) is 20.4 Å². The first-order chi connectivity index (χ1) is 15.5. The summed E-state index contributed by atoms with van der Waals surface area (Å²) < 4.78 is 5.37. The van der Waals surface area contributed by atoms with Gasteiger partial charge in [0.05, 0.1) is 18.2 Å². The third kappa shape index (κ3) is 5.45. The Labute approximate surface area is 195 Å². The molecule has 2 amide bonds. The molecular weight excluding hydrogens is 428 g/mol. The normalized spacial score (nSPS) is 23.6. The van der Waals surface area contributed by atoms with Crippen LogP contribution in [0.25, 0.3) is 0 Å². The summed E-state index contributed by atoms with van der Waals surface area (Å²) in [6, 6.07) is 6.96. The topological polar surface area (TPSA) is 73.9 Å². The molecule has 7 nitrogen and oxygen atoms in total. The molecule has 3 aliphatic rings. The van der Waals surface area contributed by atoms with Crippen LogP contribution in [0.4, 0.5) is 4.79 Å². The second-order valence-corrected chi connectivity index (χ2v) is 9.24. The minimum Gasteiger partial charge on any atom is -0.463 e. The molecule has 0 aliphatic carbocycles. The number of ether oxygens (including phenoxy) is 1. The van der Waals surface area contributed by atoms with Gasteiger partial charge in [0.2, 0.25) is 0 Å². The van der Waals surface area contributed by atoms with Crippen molar-refractivity contribution < 1.29 is 14.3 Å². The van der Waals surface area contributed by atoms with Crippen LogP contribution in [-0.4, -0.2) is 67.2 Å². The van der Waals surface area contributed by atoms with E-state index in [0.717, 1.165) is 31.5 Å². The number of hydrogen-bond acceptors (Lipinski definition) is 5. The Hall–Kier alpha value is -2.09. The Kier molecular flexibility index (Phi) is 7.71. The van der Waals surface area contributed by atoms with Crippen molar-refractivity contribution in [3.8, 4) is 0 Å². The first-order valence-electron chi connectivity index (χ1n) is 11.7. The van der Waals surface area contributed by atoms with Crippen LogP contribution in [0, 0.1) is 0 Å². The van der Waals surface area contributed by atoms with E-state index in [1.165, 1.54) is 32.4 Å². The van der Waals surface area contributed by atoms with Crippen LogP contribution in [0.1, 0.15) is 50.6 Å². The summed E-state index contributed by atoms with van der Waals surface area (Å²) in [4.78, 5) is 30.4. The van der Waals surface area contributed by atoms with Gasteiger partial charge in [-0.3, -0.25) is 4.90 Å². The van der Waals surface area contributed by atoms with Crippen molar-refractivity contribution in [3.63, 3.8) is 0 Å². The second kappa shape index (κ2) is 10.7. The lowest BCUT2D eigenvalue weighted by Gasteiger charge is -2.41. The van der Waals surface area contributed by atoms with Crippen LogP contribution < -0.4 is 10.6 Å². The first-order valence-corrected chi connectivity index (χ1v) is 12.1. The van der Waals surface area contributed by atoms with E-state index in [4.69, 9.17) is 16.3 Å². The van der Waals surface area contributed by atoms with E-state index in [2.05, 4.69) is 20.4 Å². The highest BCUT2D eigenvalue weighted by Gasteiger charge is 2.35. The highest BCUT2D eigenvalue weighted by atomic mass is 35.5. The fourth-order valence-electron chi connectivity index (χ4n) is 5.05. The van der Waals surface area contributed by atoms with Gasteiger partial charge in [-0.2, -0.15) is 0 Å². The average molecular weight is 461 g/mol. The number of urea groups is 1. The fourth-order valence-corrected chi connectivity index (χ4v) is 5.17. The molecule has 0 aromatic heterocycles. The second-order valence-electron chi connectivity index (χ2n) is 8.80. The molecule has 2 saturated heterocycles. The number of piperidine rings is 2. The van der Waals surface area contributed by atoms with E-state index in [1.54, 1.807) is 19.1 Å². The largest absolute Gasteiger partial charge is 0.463 e. The number of esters is 1. The van der Waals surface area contributed by atoms with Crippen molar-refractivity contribution in [2.75, 3.05) is 39.3 Å². The zero-order valence-corrected chi connectivity index (χ0v) is 19.5. The number of carbonyl (C=O) groups excluding carboxylic acids is 2. The van der Waals surface area contributed by atoms with Gasteiger partial charge < -0.3 is 20.3 Å². The molecule has 8 heteroatoms. The first kappa shape index (κ1) is 23.1. The zero-order chi connectivity index (χ0) is 22.5. The van der Waals surface area contributed by atoms with E-state index >= 15 is 0 Å². The van der Waals surface area contributed by atoms with E-state index < -0.39 is 12.0 Å². The van der Waals surface area contributed by atoms with Gasteiger partial charge in [0.1, 0.15) is 0 Å². The van der Waals surface area contributed by atoms with Crippen molar-refractivity contribution in [1.29, 1.82) is 0 Å². The summed E-state index contributed by atoms with van der Waals surface area (Å²) in [5.74, 6) is -0.404. The van der Waals surface area contributed by atoms with Crippen molar-refractivity contribution in [2.24, 2.45) is 0 Å². The number of rotatable bonds is 6. The lowest BCUT2D eigenvalue weighted by molar-refractivity contribution is -0.139. The maximum atomic E-state index is 12.9. The van der Waals surface area contributed by atoms with Gasteiger partial charge in [0, 0.05) is 36.4 Å². The fraction of sp³-hybridized carbons (Fsp3) is 0.583. The maximum Gasteiger partial charge on any atom is 0.338 e. The van der Waals surface area contributed by atoms with Crippen LogP contribution in [-0.2, 0) is 9.53 Å². The molecule has 2 N–H and O–H groups in total. The maximum absolute atomic E-state index is 12.9. The monoisotopic (exact) mass is 460 g/mol. The quantitative estimate of drug-likeness (QED) is 0.636. The number of halogens is 1. The molecule has 1 aromatic carbocycles. The van der Waals surface area contributed by atoms with Crippen LogP contribution in [0.5, 0.6) is 0 Å². The van der Waals surface area contributed by atoms with Crippen LogP contribution >= 0.6 is 11.6 Å². The lowest BCUT2D eigenvalue weighted by Crippen LogP contribution is -2.51. The molecule has 4 rings (SSSR count). The Bertz CT molecular complexity index is 843. The molecule has 32 heavy (non-hydrogen) atoms. The summed E-state index contributed by atoms with van der Waals surface area (Å²) in [6.07, 6.45) is 6.20. The van der Waals surface area contributed by atoms with Gasteiger partial charge in [-0.1, -0.05) is 30.2 Å². The smallest absolute Gasteiger partial charge is 0.338 e. The zero-order valence-electron chi connectivity index (χ0n) is 18.7. The molecule has 0 bridgehead atoms. The lowest BCUT2D eigenvalue weighted by atomic mass is 9.94. The summed E-state index contributed by atoms with van der Waals surface area (Å²) in [7, 11) is 0. The minimum atomic E-state index is -0.569. The van der Waals surface area contributed by atoms with Gasteiger partial charge in [0.15, 0.2) is 0 Å². The van der Waals surface area contributed by atoms with Crippen LogP contribution in [0.15, 0.2) is 35.5 Å².